The molecule has 1 saturated carbocycles. The summed E-state index contributed by atoms with van der Waals surface area (Å²) in [7, 11) is 1.92. The Labute approximate surface area is 178 Å². The van der Waals surface area contributed by atoms with Gasteiger partial charge in [-0.1, -0.05) is 23.5 Å². The summed E-state index contributed by atoms with van der Waals surface area (Å²) >= 11 is 1.61. The van der Waals surface area contributed by atoms with Crippen LogP contribution in [0.25, 0.3) is 21.3 Å². The van der Waals surface area contributed by atoms with Crippen molar-refractivity contribution in [2.45, 2.75) is 37.8 Å². The van der Waals surface area contributed by atoms with Crippen LogP contribution >= 0.6 is 11.3 Å². The van der Waals surface area contributed by atoms with E-state index in [2.05, 4.69) is 27.9 Å². The van der Waals surface area contributed by atoms with Gasteiger partial charge in [-0.2, -0.15) is 5.10 Å². The van der Waals surface area contributed by atoms with E-state index in [1.165, 1.54) is 0 Å². The average molecular weight is 421 g/mol. The third-order valence-electron chi connectivity index (χ3n) is 5.46. The summed E-state index contributed by atoms with van der Waals surface area (Å²) in [6, 6.07) is 12.6. The van der Waals surface area contributed by atoms with Gasteiger partial charge in [-0.05, 0) is 55.5 Å². The molecule has 7 nitrogen and oxygen atoms in total. The fourth-order valence-corrected chi connectivity index (χ4v) is 4.76. The first-order chi connectivity index (χ1) is 14.6. The predicted octanol–water partition coefficient (Wildman–Crippen LogP) is 4.55. The molecular weight excluding hydrogens is 396 g/mol. The van der Waals surface area contributed by atoms with Gasteiger partial charge in [0.05, 0.1) is 22.5 Å². The van der Waals surface area contributed by atoms with Gasteiger partial charge in [0.1, 0.15) is 11.6 Å². The summed E-state index contributed by atoms with van der Waals surface area (Å²) in [5.74, 6) is 1.61. The Bertz CT molecular complexity index is 1160. The van der Waals surface area contributed by atoms with Crippen molar-refractivity contribution in [3.63, 3.8) is 0 Å². The topological polar surface area (TPSA) is 87.9 Å². The normalized spacial score (nSPS) is 19.1. The van der Waals surface area contributed by atoms with Crippen molar-refractivity contribution < 1.29 is 5.11 Å². The number of nitrogens with one attached hydrogen (secondary N) is 2. The highest BCUT2D eigenvalue weighted by atomic mass is 32.1. The van der Waals surface area contributed by atoms with Gasteiger partial charge in [-0.25, -0.2) is 9.97 Å². The molecule has 3 heterocycles. The number of aliphatic hydroxyl groups is 1. The first-order valence-electron chi connectivity index (χ1n) is 10.2. The van der Waals surface area contributed by atoms with Crippen LogP contribution in [0, 0.1) is 0 Å². The molecule has 1 fully saturated rings. The second kappa shape index (κ2) is 8.04. The van der Waals surface area contributed by atoms with Crippen molar-refractivity contribution in [3.8, 4) is 11.1 Å². The third-order valence-corrected chi connectivity index (χ3v) is 6.39. The number of aryl methyl sites for hydroxylation is 1. The minimum atomic E-state index is -0.151. The van der Waals surface area contributed by atoms with E-state index < -0.39 is 0 Å². The first-order valence-corrected chi connectivity index (χ1v) is 11.0. The molecule has 0 aliphatic heterocycles. The average Bonchev–Trinajstić information content (AvgIpc) is 3.35. The number of pyridine rings is 1. The van der Waals surface area contributed by atoms with Crippen LogP contribution in [-0.4, -0.2) is 37.0 Å². The largest absolute Gasteiger partial charge is 0.393 e. The molecule has 0 spiro atoms. The Morgan fingerprint density at radius 1 is 1.03 bits per heavy atom. The van der Waals surface area contributed by atoms with Crippen molar-refractivity contribution in [3.05, 3.63) is 48.8 Å². The highest BCUT2D eigenvalue weighted by molar-refractivity contribution is 7.22. The zero-order chi connectivity index (χ0) is 20.5. The van der Waals surface area contributed by atoms with Crippen molar-refractivity contribution in [2.75, 3.05) is 10.6 Å². The van der Waals surface area contributed by atoms with E-state index in [1.54, 1.807) is 16.0 Å². The number of thiazole rings is 1. The Kier molecular flexibility index (Phi) is 5.10. The molecule has 0 bridgehead atoms. The number of benzene rings is 1. The Balaban J connectivity index is 1.31. The first kappa shape index (κ1) is 19.0. The van der Waals surface area contributed by atoms with Crippen LogP contribution in [-0.2, 0) is 7.05 Å². The Morgan fingerprint density at radius 3 is 2.67 bits per heavy atom. The molecule has 3 aromatic heterocycles. The highest BCUT2D eigenvalue weighted by Gasteiger charge is 2.19. The summed E-state index contributed by atoms with van der Waals surface area (Å²) in [4.78, 5) is 9.39. The molecule has 4 aromatic rings. The third kappa shape index (κ3) is 4.15. The number of aromatic nitrogens is 4. The molecular formula is C22H24N6OS. The lowest BCUT2D eigenvalue weighted by atomic mass is 9.93. The van der Waals surface area contributed by atoms with Crippen LogP contribution in [0.5, 0.6) is 0 Å². The Morgan fingerprint density at radius 2 is 1.87 bits per heavy atom. The molecule has 0 amide bonds. The van der Waals surface area contributed by atoms with Gasteiger partial charge in [0, 0.05) is 24.8 Å². The van der Waals surface area contributed by atoms with E-state index >= 15 is 0 Å². The van der Waals surface area contributed by atoms with E-state index in [1.807, 2.05) is 43.7 Å². The van der Waals surface area contributed by atoms with Gasteiger partial charge in [-0.15, -0.1) is 0 Å². The molecule has 1 aromatic carbocycles. The summed E-state index contributed by atoms with van der Waals surface area (Å²) in [5.41, 5.74) is 3.19. The van der Waals surface area contributed by atoms with Crippen molar-refractivity contribution in [1.82, 2.24) is 19.7 Å². The minimum absolute atomic E-state index is 0.151. The molecule has 0 radical (unpaired) electrons. The molecule has 5 rings (SSSR count). The SMILES string of the molecule is Cn1cc(-c2ccc3nc(Nc4cccc(N[C@H]5CC[C@H](O)CC5)n4)sc3c2)cn1. The number of fused-ring (bicyclic) bond motifs is 1. The summed E-state index contributed by atoms with van der Waals surface area (Å²) in [5, 5.41) is 21.6. The van der Waals surface area contributed by atoms with Crippen LogP contribution in [0.15, 0.2) is 48.8 Å². The summed E-state index contributed by atoms with van der Waals surface area (Å²) < 4.78 is 2.93. The molecule has 154 valence electrons. The van der Waals surface area contributed by atoms with Gasteiger partial charge in [0.2, 0.25) is 0 Å². The van der Waals surface area contributed by atoms with Gasteiger partial charge in [0.25, 0.3) is 0 Å². The number of hydrogen-bond acceptors (Lipinski definition) is 7. The number of rotatable bonds is 5. The maximum Gasteiger partial charge on any atom is 0.189 e. The van der Waals surface area contributed by atoms with Gasteiger partial charge < -0.3 is 15.7 Å². The highest BCUT2D eigenvalue weighted by Crippen LogP contribution is 2.32. The minimum Gasteiger partial charge on any atom is -0.393 e. The smallest absolute Gasteiger partial charge is 0.189 e. The zero-order valence-corrected chi connectivity index (χ0v) is 17.6. The lowest BCUT2D eigenvalue weighted by Crippen LogP contribution is -2.28. The molecule has 8 heteroatoms. The fourth-order valence-electron chi connectivity index (χ4n) is 3.85. The van der Waals surface area contributed by atoms with Crippen LogP contribution in [0.4, 0.5) is 16.8 Å². The van der Waals surface area contributed by atoms with Crippen molar-refractivity contribution in [2.24, 2.45) is 7.05 Å². The molecule has 0 atom stereocenters. The summed E-state index contributed by atoms with van der Waals surface area (Å²) in [6.07, 6.45) is 7.37. The van der Waals surface area contributed by atoms with E-state index in [0.717, 1.165) is 63.8 Å². The second-order valence-electron chi connectivity index (χ2n) is 7.79. The number of hydrogen-bond donors (Lipinski definition) is 3. The summed E-state index contributed by atoms with van der Waals surface area (Å²) in [6.45, 7) is 0. The standard InChI is InChI=1S/C22H24N6OS/c1-28-13-15(12-23-28)14-5-10-18-19(11-14)30-22(25-18)27-21-4-2-3-20(26-21)24-16-6-8-17(29)9-7-16/h2-5,10-13,16-17,29H,6-9H2,1H3,(H2,24,25,26,27)/t16-,17-. The van der Waals surface area contributed by atoms with E-state index in [4.69, 9.17) is 9.97 Å². The van der Waals surface area contributed by atoms with Crippen LogP contribution < -0.4 is 10.6 Å². The predicted molar refractivity (Wildman–Crippen MR) is 121 cm³/mol. The van der Waals surface area contributed by atoms with E-state index in [0.29, 0.717) is 6.04 Å². The Hall–Kier alpha value is -2.97. The monoisotopic (exact) mass is 420 g/mol. The molecule has 1 aliphatic carbocycles. The van der Waals surface area contributed by atoms with Crippen molar-refractivity contribution >= 4 is 38.3 Å². The maximum absolute atomic E-state index is 9.68. The maximum atomic E-state index is 9.68. The zero-order valence-electron chi connectivity index (χ0n) is 16.7. The van der Waals surface area contributed by atoms with E-state index in [9.17, 15) is 5.11 Å². The van der Waals surface area contributed by atoms with Gasteiger partial charge in [0.15, 0.2) is 5.13 Å². The number of anilines is 3. The van der Waals surface area contributed by atoms with Crippen LogP contribution in [0.2, 0.25) is 0 Å². The second-order valence-corrected chi connectivity index (χ2v) is 8.82. The quantitative estimate of drug-likeness (QED) is 0.439. The molecule has 0 saturated heterocycles. The molecule has 0 unspecified atom stereocenters. The van der Waals surface area contributed by atoms with Crippen molar-refractivity contribution in [1.29, 1.82) is 0 Å². The van der Waals surface area contributed by atoms with E-state index in [-0.39, 0.29) is 6.10 Å². The lowest BCUT2D eigenvalue weighted by molar-refractivity contribution is 0.126. The van der Waals surface area contributed by atoms with Crippen LogP contribution in [0.1, 0.15) is 25.7 Å². The van der Waals surface area contributed by atoms with Gasteiger partial charge >= 0.3 is 0 Å². The fraction of sp³-hybridized carbons (Fsp3) is 0.318. The molecule has 1 aliphatic rings. The number of aliphatic hydroxyl groups excluding tert-OH is 1. The number of nitrogens with zero attached hydrogens (tertiary/aromatic N) is 4. The molecule has 3 N–H and O–H groups in total. The molecule has 30 heavy (non-hydrogen) atoms. The lowest BCUT2D eigenvalue weighted by Gasteiger charge is -2.26. The van der Waals surface area contributed by atoms with Gasteiger partial charge in [-0.3, -0.25) is 4.68 Å². The van der Waals surface area contributed by atoms with Crippen LogP contribution in [0.3, 0.4) is 0 Å².